The summed E-state index contributed by atoms with van der Waals surface area (Å²) in [7, 11) is 1.50. The average Bonchev–Trinajstić information content (AvgIpc) is 2.75. The Kier molecular flexibility index (Phi) is 6.53. The van der Waals surface area contributed by atoms with E-state index in [-0.39, 0.29) is 30.4 Å². The summed E-state index contributed by atoms with van der Waals surface area (Å²) in [5.74, 6) is 0.169. The van der Waals surface area contributed by atoms with E-state index in [0.717, 1.165) is 0 Å². The molecule has 6 nitrogen and oxygen atoms in total. The number of aromatic nitrogens is 2. The number of hydrogen-bond donors (Lipinski definition) is 2. The summed E-state index contributed by atoms with van der Waals surface area (Å²) in [6.07, 6.45) is -0.0453. The van der Waals surface area contributed by atoms with E-state index in [0.29, 0.717) is 33.1 Å². The quantitative estimate of drug-likeness (QED) is 0.803. The normalized spacial score (nSPS) is 10.4. The van der Waals surface area contributed by atoms with Gasteiger partial charge in [0.15, 0.2) is 0 Å². The third kappa shape index (κ3) is 4.14. The number of nitrogens with one attached hydrogen (secondary N) is 1. The Labute approximate surface area is 144 Å². The molecule has 0 saturated carbocycles. The number of halogens is 3. The zero-order valence-electron chi connectivity index (χ0n) is 13.5. The van der Waals surface area contributed by atoms with E-state index in [2.05, 4.69) is 10.4 Å². The van der Waals surface area contributed by atoms with E-state index in [9.17, 15) is 13.6 Å². The van der Waals surface area contributed by atoms with Crippen molar-refractivity contribution < 1.29 is 18.3 Å². The van der Waals surface area contributed by atoms with E-state index < -0.39 is 6.55 Å². The van der Waals surface area contributed by atoms with Crippen molar-refractivity contribution in [2.75, 3.05) is 18.2 Å². The maximum Gasteiger partial charge on any atom is 0.333 e. The van der Waals surface area contributed by atoms with Gasteiger partial charge in [-0.1, -0.05) is 0 Å². The van der Waals surface area contributed by atoms with Crippen LogP contribution in [0.1, 0.15) is 23.5 Å². The number of nitrogens with zero attached hydrogens (tertiary/aromatic N) is 2. The zero-order valence-corrected chi connectivity index (χ0v) is 14.3. The van der Waals surface area contributed by atoms with Crippen LogP contribution in [-0.4, -0.2) is 22.8 Å². The van der Waals surface area contributed by atoms with Gasteiger partial charge >= 0.3 is 6.55 Å². The molecule has 0 unspecified atom stereocenters. The van der Waals surface area contributed by atoms with Crippen molar-refractivity contribution in [3.05, 3.63) is 35.2 Å². The minimum atomic E-state index is -2.73. The molecule has 0 aliphatic heterocycles. The molecule has 0 saturated heterocycles. The first-order chi connectivity index (χ1) is 10.8. The van der Waals surface area contributed by atoms with Gasteiger partial charge in [0.25, 0.3) is 0 Å². The van der Waals surface area contributed by atoms with Crippen LogP contribution in [0.2, 0.25) is 0 Å². The van der Waals surface area contributed by atoms with Gasteiger partial charge < -0.3 is 15.8 Å². The number of amides is 1. The lowest BCUT2D eigenvalue weighted by molar-refractivity contribution is -0.115. The van der Waals surface area contributed by atoms with Gasteiger partial charge in [-0.05, 0) is 32.0 Å². The number of ether oxygens (including phenoxy) is 1. The second kappa shape index (κ2) is 7.96. The third-order valence-electron chi connectivity index (χ3n) is 3.51. The molecule has 1 aromatic heterocycles. The summed E-state index contributed by atoms with van der Waals surface area (Å²) >= 11 is 0. The fraction of sp³-hybridized carbons (Fsp3) is 0.333. The summed E-state index contributed by atoms with van der Waals surface area (Å²) in [5.41, 5.74) is 7.85. The van der Waals surface area contributed by atoms with Crippen molar-refractivity contribution in [2.24, 2.45) is 0 Å². The topological polar surface area (TPSA) is 82.2 Å². The minimum Gasteiger partial charge on any atom is -0.495 e. The number of hydrogen-bond acceptors (Lipinski definition) is 4. The zero-order chi connectivity index (χ0) is 17.1. The molecule has 0 spiro atoms. The number of aryl methyl sites for hydroxylation is 1. The van der Waals surface area contributed by atoms with Gasteiger partial charge in [0.2, 0.25) is 5.91 Å². The molecule has 1 aromatic carbocycles. The maximum absolute atomic E-state index is 12.8. The van der Waals surface area contributed by atoms with Crippen molar-refractivity contribution >= 4 is 29.7 Å². The summed E-state index contributed by atoms with van der Waals surface area (Å²) < 4.78 is 31.2. The summed E-state index contributed by atoms with van der Waals surface area (Å²) in [4.78, 5) is 12.1. The van der Waals surface area contributed by atoms with Gasteiger partial charge in [0.05, 0.1) is 24.9 Å². The van der Waals surface area contributed by atoms with Gasteiger partial charge in [0, 0.05) is 16.9 Å². The Hall–Kier alpha value is -2.35. The van der Waals surface area contributed by atoms with Crippen LogP contribution in [-0.2, 0) is 11.2 Å². The van der Waals surface area contributed by atoms with Gasteiger partial charge in [-0.3, -0.25) is 4.79 Å². The second-order valence-corrected chi connectivity index (χ2v) is 5.05. The number of carbonyl (C=O) groups is 1. The second-order valence-electron chi connectivity index (χ2n) is 5.05. The standard InChI is InChI=1S/C15H18F2N4O2.ClH/c1-8-11(9(2)21(20-8)15(16)17)7-14(22)19-10-4-5-13(23-3)12(18)6-10;/h4-6,15H,7,18H2,1-3H3,(H,19,22);1H. The first-order valence-corrected chi connectivity index (χ1v) is 6.89. The van der Waals surface area contributed by atoms with E-state index in [1.807, 2.05) is 0 Å². The molecule has 0 aliphatic carbocycles. The molecule has 3 N–H and O–H groups in total. The Balaban J connectivity index is 0.00000288. The van der Waals surface area contributed by atoms with Gasteiger partial charge in [-0.15, -0.1) is 12.4 Å². The lowest BCUT2D eigenvalue weighted by Gasteiger charge is -2.09. The van der Waals surface area contributed by atoms with Crippen LogP contribution >= 0.6 is 12.4 Å². The molecule has 2 aromatic rings. The Bertz CT molecular complexity index is 735. The van der Waals surface area contributed by atoms with Crippen LogP contribution in [0.15, 0.2) is 18.2 Å². The molecule has 0 atom stereocenters. The number of alkyl halides is 2. The van der Waals surface area contributed by atoms with Crippen molar-refractivity contribution in [3.63, 3.8) is 0 Å². The van der Waals surface area contributed by atoms with Crippen LogP contribution < -0.4 is 15.8 Å². The van der Waals surface area contributed by atoms with Gasteiger partial charge in [-0.2, -0.15) is 13.9 Å². The van der Waals surface area contributed by atoms with Crippen LogP contribution in [0.5, 0.6) is 5.75 Å². The minimum absolute atomic E-state index is 0. The third-order valence-corrected chi connectivity index (χ3v) is 3.51. The number of benzene rings is 1. The van der Waals surface area contributed by atoms with E-state index in [4.69, 9.17) is 10.5 Å². The first-order valence-electron chi connectivity index (χ1n) is 6.89. The van der Waals surface area contributed by atoms with Gasteiger partial charge in [0.1, 0.15) is 5.75 Å². The number of rotatable bonds is 5. The first kappa shape index (κ1) is 19.7. The van der Waals surface area contributed by atoms with Crippen LogP contribution in [0.4, 0.5) is 20.2 Å². The SMILES string of the molecule is COc1ccc(NC(=O)Cc2c(C)nn(C(F)F)c2C)cc1N.Cl. The molecular formula is C15H19ClF2N4O2. The van der Waals surface area contributed by atoms with E-state index in [1.54, 1.807) is 25.1 Å². The largest absolute Gasteiger partial charge is 0.495 e. The van der Waals surface area contributed by atoms with Crippen molar-refractivity contribution in [1.82, 2.24) is 9.78 Å². The molecule has 1 heterocycles. The fourth-order valence-electron chi connectivity index (χ4n) is 2.32. The predicted molar refractivity (Wildman–Crippen MR) is 89.9 cm³/mol. The number of methoxy groups -OCH3 is 1. The summed E-state index contributed by atoms with van der Waals surface area (Å²) in [6.45, 7) is 0.381. The number of anilines is 2. The highest BCUT2D eigenvalue weighted by Gasteiger charge is 2.19. The molecule has 0 radical (unpaired) electrons. The Morgan fingerprint density at radius 2 is 2.08 bits per heavy atom. The highest BCUT2D eigenvalue weighted by molar-refractivity contribution is 5.93. The lowest BCUT2D eigenvalue weighted by Crippen LogP contribution is -2.15. The highest BCUT2D eigenvalue weighted by Crippen LogP contribution is 2.25. The molecule has 24 heavy (non-hydrogen) atoms. The van der Waals surface area contributed by atoms with Crippen molar-refractivity contribution in [2.45, 2.75) is 26.8 Å². The molecule has 1 amide bonds. The fourth-order valence-corrected chi connectivity index (χ4v) is 2.32. The lowest BCUT2D eigenvalue weighted by atomic mass is 10.1. The molecule has 0 bridgehead atoms. The monoisotopic (exact) mass is 360 g/mol. The molecule has 132 valence electrons. The molecule has 9 heteroatoms. The Morgan fingerprint density at radius 1 is 1.42 bits per heavy atom. The van der Waals surface area contributed by atoms with E-state index >= 15 is 0 Å². The molecular weight excluding hydrogens is 342 g/mol. The molecule has 0 fully saturated rings. The Morgan fingerprint density at radius 3 is 2.58 bits per heavy atom. The summed E-state index contributed by atoms with van der Waals surface area (Å²) in [5, 5.41) is 6.43. The van der Waals surface area contributed by atoms with Gasteiger partial charge in [-0.25, -0.2) is 4.68 Å². The number of carbonyl (C=O) groups excluding carboxylic acids is 1. The van der Waals surface area contributed by atoms with Crippen LogP contribution in [0.25, 0.3) is 0 Å². The summed E-state index contributed by atoms with van der Waals surface area (Å²) in [6, 6.07) is 4.85. The number of nitrogens with two attached hydrogens (primary N) is 1. The highest BCUT2D eigenvalue weighted by atomic mass is 35.5. The van der Waals surface area contributed by atoms with Crippen molar-refractivity contribution in [3.8, 4) is 5.75 Å². The molecule has 2 rings (SSSR count). The van der Waals surface area contributed by atoms with Crippen LogP contribution in [0.3, 0.4) is 0 Å². The predicted octanol–water partition coefficient (Wildman–Crippen LogP) is 3.09. The van der Waals surface area contributed by atoms with E-state index in [1.165, 1.54) is 14.0 Å². The number of nitrogen functional groups attached to an aromatic ring is 1. The smallest absolute Gasteiger partial charge is 0.333 e. The molecule has 0 aliphatic rings. The van der Waals surface area contributed by atoms with Crippen molar-refractivity contribution in [1.29, 1.82) is 0 Å². The maximum atomic E-state index is 12.8. The van der Waals surface area contributed by atoms with Crippen LogP contribution in [0, 0.1) is 13.8 Å². The average molecular weight is 361 g/mol.